The Morgan fingerprint density at radius 1 is 1.03 bits per heavy atom. The van der Waals surface area contributed by atoms with Crippen molar-refractivity contribution >= 4 is 63.1 Å². The van der Waals surface area contributed by atoms with Crippen LogP contribution in [0, 0.1) is 13.1 Å². The van der Waals surface area contributed by atoms with E-state index in [1.807, 2.05) is 45.2 Å². The van der Waals surface area contributed by atoms with Crippen LogP contribution < -0.4 is 4.74 Å². The number of halogens is 4. The molecule has 0 fully saturated rings. The van der Waals surface area contributed by atoms with Crippen LogP contribution in [0.5, 0.6) is 11.5 Å². The maximum absolute atomic E-state index is 13.8. The van der Waals surface area contributed by atoms with Crippen LogP contribution in [-0.4, -0.2) is 40.1 Å². The smallest absolute Gasteiger partial charge is 0.378 e. The number of carboxylic acid groups (broad SMARTS) is 1. The van der Waals surface area contributed by atoms with Gasteiger partial charge in [0.2, 0.25) is 0 Å². The molecule has 0 spiro atoms. The molecule has 1 atom stereocenters. The molecular weight excluding hydrogens is 644 g/mol. The van der Waals surface area contributed by atoms with E-state index in [0.717, 1.165) is 0 Å². The van der Waals surface area contributed by atoms with Crippen LogP contribution >= 0.6 is 45.2 Å². The Morgan fingerprint density at radius 2 is 1.61 bits per heavy atom. The van der Waals surface area contributed by atoms with E-state index in [2.05, 4.69) is 0 Å². The van der Waals surface area contributed by atoms with Crippen molar-refractivity contribution in [2.75, 3.05) is 0 Å². The van der Waals surface area contributed by atoms with Gasteiger partial charge >= 0.3 is 23.8 Å². The number of esters is 2. The number of phenolic OH excluding ortho intramolecular Hbond substituents is 1. The van der Waals surface area contributed by atoms with Gasteiger partial charge in [-0.15, -0.1) is 0 Å². The lowest BCUT2D eigenvalue weighted by atomic mass is 10.0. The van der Waals surface area contributed by atoms with Gasteiger partial charge in [0.15, 0.2) is 6.10 Å². The van der Waals surface area contributed by atoms with Crippen molar-refractivity contribution in [2.24, 2.45) is 5.92 Å². The van der Waals surface area contributed by atoms with E-state index in [0.29, 0.717) is 7.14 Å². The molecule has 0 aliphatic carbocycles. The lowest BCUT2D eigenvalue weighted by molar-refractivity contribution is -0.187. The van der Waals surface area contributed by atoms with Crippen molar-refractivity contribution in [3.8, 4) is 11.5 Å². The third kappa shape index (κ3) is 6.02. The average molecular weight is 660 g/mol. The van der Waals surface area contributed by atoms with Crippen LogP contribution in [0.25, 0.3) is 0 Å². The fourth-order valence-corrected chi connectivity index (χ4v) is 4.32. The minimum atomic E-state index is -4.26. The Morgan fingerprint density at radius 3 is 2.13 bits per heavy atom. The molecule has 0 radical (unpaired) electrons. The van der Waals surface area contributed by atoms with Crippen LogP contribution in [0.4, 0.5) is 8.78 Å². The number of benzene rings is 2. The minimum Gasteiger partial charge on any atom is -0.506 e. The van der Waals surface area contributed by atoms with Gasteiger partial charge in [-0.2, -0.15) is 8.78 Å². The van der Waals surface area contributed by atoms with Gasteiger partial charge in [-0.1, -0.05) is 13.8 Å². The van der Waals surface area contributed by atoms with Crippen LogP contribution in [0.2, 0.25) is 0 Å². The highest BCUT2D eigenvalue weighted by Crippen LogP contribution is 2.30. The lowest BCUT2D eigenvalue weighted by Gasteiger charge is -2.26. The number of ether oxygens (including phenoxy) is 2. The monoisotopic (exact) mass is 660 g/mol. The molecule has 2 aromatic carbocycles. The number of hydrogen-bond donors (Lipinski definition) is 2. The Balaban J connectivity index is 2.15. The first-order chi connectivity index (χ1) is 14.3. The summed E-state index contributed by atoms with van der Waals surface area (Å²) in [5.74, 6) is -9.79. The molecule has 0 saturated heterocycles. The van der Waals surface area contributed by atoms with Gasteiger partial charge in [0, 0.05) is 3.57 Å². The second-order valence-electron chi connectivity index (χ2n) is 6.70. The molecule has 2 rings (SSSR count). The summed E-state index contributed by atoms with van der Waals surface area (Å²) in [7, 11) is 0. The molecular formula is C20H16F2I2O7. The third-order valence-electron chi connectivity index (χ3n) is 4.03. The summed E-state index contributed by atoms with van der Waals surface area (Å²) >= 11 is 3.85. The molecule has 7 nitrogen and oxygen atoms in total. The molecule has 0 saturated carbocycles. The van der Waals surface area contributed by atoms with E-state index >= 15 is 0 Å². The number of carbonyl (C=O) groups excluding carboxylic acids is 2. The summed E-state index contributed by atoms with van der Waals surface area (Å²) in [6.45, 7) is 2.61. The predicted molar refractivity (Wildman–Crippen MR) is 122 cm³/mol. The highest BCUT2D eigenvalue weighted by molar-refractivity contribution is 14.1. The van der Waals surface area contributed by atoms with Crippen LogP contribution in [0.15, 0.2) is 36.4 Å². The molecule has 0 aliphatic heterocycles. The van der Waals surface area contributed by atoms with Crippen LogP contribution in [0.1, 0.15) is 34.6 Å². The molecule has 31 heavy (non-hydrogen) atoms. The first-order valence-corrected chi connectivity index (χ1v) is 10.8. The molecule has 11 heteroatoms. The second-order valence-corrected chi connectivity index (χ2v) is 9.10. The van der Waals surface area contributed by atoms with Gasteiger partial charge in [-0.25, -0.2) is 14.4 Å². The molecule has 0 heterocycles. The molecule has 1 unspecified atom stereocenters. The van der Waals surface area contributed by atoms with Gasteiger partial charge in [-0.3, -0.25) is 0 Å². The topological polar surface area (TPSA) is 110 Å². The summed E-state index contributed by atoms with van der Waals surface area (Å²) in [5.41, 5.74) is -0.186. The number of aliphatic carboxylic acids is 1. The number of carboxylic acids is 1. The Hall–Kier alpha value is -2.03. The Bertz CT molecular complexity index is 1010. The zero-order valence-corrected chi connectivity index (χ0v) is 20.4. The highest BCUT2D eigenvalue weighted by atomic mass is 127. The predicted octanol–water partition coefficient (Wildman–Crippen LogP) is 4.72. The third-order valence-corrected chi connectivity index (χ3v) is 5.48. The molecule has 0 amide bonds. The normalized spacial score (nSPS) is 12.4. The first kappa shape index (κ1) is 25.2. The zero-order chi connectivity index (χ0) is 23.5. The van der Waals surface area contributed by atoms with Crippen molar-refractivity contribution in [1.82, 2.24) is 0 Å². The number of carbonyl (C=O) groups is 3. The minimum absolute atomic E-state index is 0.0334. The van der Waals surface area contributed by atoms with Crippen molar-refractivity contribution in [3.63, 3.8) is 0 Å². The van der Waals surface area contributed by atoms with Crippen molar-refractivity contribution in [3.05, 3.63) is 54.7 Å². The van der Waals surface area contributed by atoms with Crippen molar-refractivity contribution < 1.29 is 42.9 Å². The highest BCUT2D eigenvalue weighted by Gasteiger charge is 2.51. The maximum atomic E-state index is 13.8. The number of hydrogen-bond acceptors (Lipinski definition) is 6. The largest absolute Gasteiger partial charge is 0.506 e. The van der Waals surface area contributed by atoms with Crippen LogP contribution in [0.3, 0.4) is 0 Å². The number of phenols is 1. The molecule has 0 aliphatic rings. The number of rotatable bonds is 7. The second kappa shape index (κ2) is 10.1. The Labute approximate surface area is 203 Å². The van der Waals surface area contributed by atoms with E-state index in [1.165, 1.54) is 44.2 Å². The van der Waals surface area contributed by atoms with E-state index in [1.54, 1.807) is 6.07 Å². The van der Waals surface area contributed by atoms with Gasteiger partial charge in [0.05, 0.1) is 9.13 Å². The van der Waals surface area contributed by atoms with E-state index in [-0.39, 0.29) is 22.6 Å². The summed E-state index contributed by atoms with van der Waals surface area (Å²) in [4.78, 5) is 35.4. The fraction of sp³-hybridized carbons (Fsp3) is 0.250. The molecule has 0 bridgehead atoms. The zero-order valence-electron chi connectivity index (χ0n) is 16.1. The van der Waals surface area contributed by atoms with Gasteiger partial charge < -0.3 is 19.7 Å². The van der Waals surface area contributed by atoms with Crippen molar-refractivity contribution in [1.29, 1.82) is 0 Å². The first-order valence-electron chi connectivity index (χ1n) is 8.67. The lowest BCUT2D eigenvalue weighted by Crippen LogP contribution is -2.47. The van der Waals surface area contributed by atoms with Gasteiger partial charge in [-0.05, 0) is 87.5 Å². The quantitative estimate of drug-likeness (QED) is 0.252. The molecule has 2 N–H and O–H groups in total. The molecule has 0 aromatic heterocycles. The average Bonchev–Trinajstić information content (AvgIpc) is 2.68. The molecule has 166 valence electrons. The summed E-state index contributed by atoms with van der Waals surface area (Å²) < 4.78 is 38.8. The Kier molecular flexibility index (Phi) is 8.19. The summed E-state index contributed by atoms with van der Waals surface area (Å²) in [6, 6.07) is 7.96. The SMILES string of the molecule is CC(C)C(OC(=O)c1ccc(OC(=O)c2cc(I)cc(I)c2O)cc1)C(F)(F)C(=O)O. The van der Waals surface area contributed by atoms with E-state index < -0.39 is 35.9 Å². The summed E-state index contributed by atoms with van der Waals surface area (Å²) in [5, 5.41) is 18.7. The summed E-state index contributed by atoms with van der Waals surface area (Å²) in [6.07, 6.45) is -2.17. The maximum Gasteiger partial charge on any atom is 0.378 e. The van der Waals surface area contributed by atoms with Crippen molar-refractivity contribution in [2.45, 2.75) is 25.9 Å². The van der Waals surface area contributed by atoms with Gasteiger partial charge in [0.25, 0.3) is 0 Å². The van der Waals surface area contributed by atoms with Gasteiger partial charge in [0.1, 0.15) is 17.1 Å². The van der Waals surface area contributed by atoms with E-state index in [4.69, 9.17) is 14.6 Å². The molecule has 2 aromatic rings. The fourth-order valence-electron chi connectivity index (χ4n) is 2.48. The van der Waals surface area contributed by atoms with Crippen LogP contribution in [-0.2, 0) is 9.53 Å². The number of alkyl halides is 2. The number of aromatic hydroxyl groups is 1. The standard InChI is InChI=1S/C20H16F2I2O7/c1-9(2)16(20(21,22)19(28)29)31-17(26)10-3-5-12(6-4-10)30-18(27)13-7-11(23)8-14(24)15(13)25/h3-9,16,25H,1-2H3,(H,28,29). The van der Waals surface area contributed by atoms with E-state index in [9.17, 15) is 28.3 Å².